The Bertz CT molecular complexity index is 1220. The van der Waals surface area contributed by atoms with E-state index in [2.05, 4.69) is 6.07 Å². The van der Waals surface area contributed by atoms with Gasteiger partial charge in [0.15, 0.2) is 0 Å². The first-order valence-corrected chi connectivity index (χ1v) is 12.4. The van der Waals surface area contributed by atoms with Crippen molar-refractivity contribution in [2.75, 3.05) is 13.2 Å². The number of hydrogen-bond acceptors (Lipinski definition) is 5. The van der Waals surface area contributed by atoms with Gasteiger partial charge in [-0.15, -0.1) is 0 Å². The fourth-order valence-electron chi connectivity index (χ4n) is 4.48. The molecular formula is C29H38N4O3. The number of carbonyl (C=O) groups excluding carboxylic acids is 1. The lowest BCUT2D eigenvalue weighted by molar-refractivity contribution is -0.135. The maximum absolute atomic E-state index is 13.6. The molecule has 1 unspecified atom stereocenters. The number of benzene rings is 2. The van der Waals surface area contributed by atoms with E-state index in [9.17, 15) is 10.1 Å². The highest BCUT2D eigenvalue weighted by Crippen LogP contribution is 2.25. The zero-order chi connectivity index (χ0) is 26.5. The van der Waals surface area contributed by atoms with Crippen LogP contribution in [0.4, 0.5) is 0 Å². The van der Waals surface area contributed by atoms with Gasteiger partial charge in [-0.05, 0) is 64.3 Å². The van der Waals surface area contributed by atoms with Crippen LogP contribution >= 0.6 is 0 Å². The van der Waals surface area contributed by atoms with E-state index in [0.29, 0.717) is 31.7 Å². The molecule has 1 aromatic heterocycles. The first kappa shape index (κ1) is 27.3. The molecule has 2 atom stereocenters. The average Bonchev–Trinajstić information content (AvgIpc) is 3.15. The molecule has 0 bridgehead atoms. The SMILES string of the molecule is CCOC(C)CN(Cc1cccc2c(C#N)cn(C)c12)C(=O)[C@@H](N)Cc1ccc(OC(C)(C)C)cc1. The van der Waals surface area contributed by atoms with Gasteiger partial charge >= 0.3 is 0 Å². The quantitative estimate of drug-likeness (QED) is 0.450. The molecule has 192 valence electrons. The van der Waals surface area contributed by atoms with Crippen molar-refractivity contribution in [2.45, 2.75) is 65.3 Å². The monoisotopic (exact) mass is 490 g/mol. The number of amides is 1. The topological polar surface area (TPSA) is 93.5 Å². The number of hydrogen-bond donors (Lipinski definition) is 1. The van der Waals surface area contributed by atoms with Crippen molar-refractivity contribution in [3.8, 4) is 11.8 Å². The van der Waals surface area contributed by atoms with Crippen LogP contribution in [0.25, 0.3) is 10.9 Å². The molecule has 0 aliphatic heterocycles. The van der Waals surface area contributed by atoms with Crippen molar-refractivity contribution in [1.82, 2.24) is 9.47 Å². The summed E-state index contributed by atoms with van der Waals surface area (Å²) in [5.41, 5.74) is 9.67. The molecule has 3 rings (SSSR count). The molecule has 0 aliphatic rings. The molecule has 2 aromatic carbocycles. The van der Waals surface area contributed by atoms with Crippen molar-refractivity contribution >= 4 is 16.8 Å². The third-order valence-electron chi connectivity index (χ3n) is 5.93. The van der Waals surface area contributed by atoms with E-state index >= 15 is 0 Å². The van der Waals surface area contributed by atoms with E-state index in [1.807, 2.05) is 94.9 Å². The number of rotatable bonds is 10. The smallest absolute Gasteiger partial charge is 0.240 e. The summed E-state index contributed by atoms with van der Waals surface area (Å²) in [6.45, 7) is 11.3. The summed E-state index contributed by atoms with van der Waals surface area (Å²) in [4.78, 5) is 15.4. The summed E-state index contributed by atoms with van der Waals surface area (Å²) in [6, 6.07) is 15.1. The van der Waals surface area contributed by atoms with Gasteiger partial charge < -0.3 is 24.7 Å². The lowest BCUT2D eigenvalue weighted by Gasteiger charge is -2.29. The molecule has 0 spiro atoms. The van der Waals surface area contributed by atoms with Crippen LogP contribution in [0.5, 0.6) is 5.75 Å². The Hall–Kier alpha value is -3.34. The molecule has 7 heteroatoms. The summed E-state index contributed by atoms with van der Waals surface area (Å²) >= 11 is 0. The van der Waals surface area contributed by atoms with Crippen LogP contribution in [-0.2, 0) is 29.5 Å². The average molecular weight is 491 g/mol. The van der Waals surface area contributed by atoms with E-state index < -0.39 is 6.04 Å². The molecule has 3 aromatic rings. The minimum absolute atomic E-state index is 0.136. The van der Waals surface area contributed by atoms with Gasteiger partial charge in [-0.3, -0.25) is 4.79 Å². The lowest BCUT2D eigenvalue weighted by atomic mass is 10.0. The number of ether oxygens (including phenoxy) is 2. The number of para-hydroxylation sites is 1. The minimum Gasteiger partial charge on any atom is -0.488 e. The number of aryl methyl sites for hydroxylation is 1. The van der Waals surface area contributed by atoms with Crippen LogP contribution in [0.15, 0.2) is 48.7 Å². The van der Waals surface area contributed by atoms with Crippen molar-refractivity contribution in [3.05, 3.63) is 65.4 Å². The van der Waals surface area contributed by atoms with Crippen LogP contribution in [0.3, 0.4) is 0 Å². The van der Waals surface area contributed by atoms with Crippen LogP contribution < -0.4 is 10.5 Å². The standard InChI is InChI=1S/C29H38N4O3/c1-7-35-20(2)17-33(19-22-9-8-10-25-23(16-30)18-32(6)27(22)25)28(34)26(31)15-21-11-13-24(14-12-21)36-29(3,4)5/h8-14,18,20,26H,7,15,17,19,31H2,1-6H3/t20?,26-/m0/s1. The van der Waals surface area contributed by atoms with Crippen molar-refractivity contribution in [2.24, 2.45) is 12.8 Å². The van der Waals surface area contributed by atoms with Gasteiger partial charge in [-0.2, -0.15) is 5.26 Å². The van der Waals surface area contributed by atoms with Crippen LogP contribution in [-0.4, -0.2) is 46.3 Å². The number of fused-ring (bicyclic) bond motifs is 1. The molecule has 0 fully saturated rings. The lowest BCUT2D eigenvalue weighted by Crippen LogP contribution is -2.47. The highest BCUT2D eigenvalue weighted by molar-refractivity contribution is 5.89. The summed E-state index contributed by atoms with van der Waals surface area (Å²) < 4.78 is 13.6. The summed E-state index contributed by atoms with van der Waals surface area (Å²) in [7, 11) is 1.92. The third kappa shape index (κ3) is 6.87. The Morgan fingerprint density at radius 3 is 2.50 bits per heavy atom. The van der Waals surface area contributed by atoms with E-state index in [0.717, 1.165) is 27.8 Å². The Kier molecular flexibility index (Phi) is 8.78. The Morgan fingerprint density at radius 1 is 1.19 bits per heavy atom. The molecule has 0 radical (unpaired) electrons. The van der Waals surface area contributed by atoms with Gasteiger partial charge in [0, 0.05) is 38.3 Å². The predicted octanol–water partition coefficient (Wildman–Crippen LogP) is 4.55. The zero-order valence-corrected chi connectivity index (χ0v) is 22.2. The molecule has 0 saturated carbocycles. The van der Waals surface area contributed by atoms with Crippen molar-refractivity contribution in [3.63, 3.8) is 0 Å². The maximum Gasteiger partial charge on any atom is 0.240 e. The van der Waals surface area contributed by atoms with E-state index in [-0.39, 0.29) is 17.6 Å². The number of aromatic nitrogens is 1. The largest absolute Gasteiger partial charge is 0.488 e. The van der Waals surface area contributed by atoms with Gasteiger partial charge in [0.25, 0.3) is 0 Å². The fraction of sp³-hybridized carbons (Fsp3) is 0.448. The predicted molar refractivity (Wildman–Crippen MR) is 143 cm³/mol. The number of nitrogens with two attached hydrogens (primary N) is 1. The van der Waals surface area contributed by atoms with Gasteiger partial charge in [-0.25, -0.2) is 0 Å². The second-order valence-corrected chi connectivity index (χ2v) is 10.2. The Morgan fingerprint density at radius 2 is 1.89 bits per heavy atom. The number of nitrogens with zero attached hydrogens (tertiary/aromatic N) is 3. The molecular weight excluding hydrogens is 452 g/mol. The van der Waals surface area contributed by atoms with Gasteiger partial charge in [-0.1, -0.05) is 30.3 Å². The maximum atomic E-state index is 13.6. The summed E-state index contributed by atoms with van der Waals surface area (Å²) in [5.74, 6) is 0.647. The summed E-state index contributed by atoms with van der Waals surface area (Å²) in [5, 5.41) is 10.4. The molecule has 0 aliphatic carbocycles. The van der Waals surface area contributed by atoms with Crippen LogP contribution in [0.2, 0.25) is 0 Å². The fourth-order valence-corrected chi connectivity index (χ4v) is 4.48. The summed E-state index contributed by atoms with van der Waals surface area (Å²) in [6.07, 6.45) is 2.10. The highest BCUT2D eigenvalue weighted by Gasteiger charge is 2.25. The first-order chi connectivity index (χ1) is 17.0. The Balaban J connectivity index is 1.82. The van der Waals surface area contributed by atoms with E-state index in [1.54, 1.807) is 4.90 Å². The zero-order valence-electron chi connectivity index (χ0n) is 22.2. The second-order valence-electron chi connectivity index (χ2n) is 10.2. The van der Waals surface area contributed by atoms with Crippen molar-refractivity contribution < 1.29 is 14.3 Å². The first-order valence-electron chi connectivity index (χ1n) is 12.4. The van der Waals surface area contributed by atoms with E-state index in [1.165, 1.54) is 0 Å². The molecule has 1 heterocycles. The van der Waals surface area contributed by atoms with Gasteiger partial charge in [0.05, 0.1) is 23.2 Å². The molecule has 7 nitrogen and oxygen atoms in total. The molecule has 1 amide bonds. The van der Waals surface area contributed by atoms with Gasteiger partial charge in [0.2, 0.25) is 5.91 Å². The minimum atomic E-state index is -0.699. The van der Waals surface area contributed by atoms with Crippen LogP contribution in [0.1, 0.15) is 51.3 Å². The van der Waals surface area contributed by atoms with Crippen molar-refractivity contribution in [1.29, 1.82) is 5.26 Å². The molecule has 0 saturated heterocycles. The van der Waals surface area contributed by atoms with Gasteiger partial charge in [0.1, 0.15) is 17.4 Å². The molecule has 36 heavy (non-hydrogen) atoms. The number of nitriles is 1. The Labute approximate surface area is 214 Å². The van der Waals surface area contributed by atoms with E-state index in [4.69, 9.17) is 15.2 Å². The highest BCUT2D eigenvalue weighted by atomic mass is 16.5. The van der Waals surface area contributed by atoms with Crippen LogP contribution in [0, 0.1) is 11.3 Å². The number of carbonyl (C=O) groups is 1. The second kappa shape index (κ2) is 11.6. The molecule has 2 N–H and O–H groups in total. The normalized spacial score (nSPS) is 13.3. The third-order valence-corrected chi connectivity index (χ3v) is 5.93.